The minimum absolute atomic E-state index is 0.285. The average molecular weight is 345 g/mol. The lowest BCUT2D eigenvalue weighted by atomic mass is 9.93. The van der Waals surface area contributed by atoms with Crippen LogP contribution in [0, 0.1) is 5.92 Å². The van der Waals surface area contributed by atoms with Crippen LogP contribution in [0.2, 0.25) is 0 Å². The molecule has 1 N–H and O–H groups in total. The van der Waals surface area contributed by atoms with Crippen molar-refractivity contribution in [2.75, 3.05) is 13.1 Å². The van der Waals surface area contributed by atoms with Crippen LogP contribution in [0.4, 0.5) is 0 Å². The van der Waals surface area contributed by atoms with Gasteiger partial charge in [-0.3, -0.25) is 4.79 Å². The van der Waals surface area contributed by atoms with Gasteiger partial charge in [0, 0.05) is 37.0 Å². The Morgan fingerprint density at radius 2 is 2.37 bits per heavy atom. The maximum atomic E-state index is 11.7. The predicted octanol–water partition coefficient (Wildman–Crippen LogP) is 3.25. The molecule has 0 spiro atoms. The third-order valence-corrected chi connectivity index (χ3v) is 5.35. The van der Waals surface area contributed by atoms with Crippen LogP contribution in [0.25, 0.3) is 0 Å². The van der Waals surface area contributed by atoms with E-state index in [-0.39, 0.29) is 5.91 Å². The first-order chi connectivity index (χ1) is 9.10. The van der Waals surface area contributed by atoms with E-state index in [4.69, 9.17) is 0 Å². The molecule has 1 saturated heterocycles. The van der Waals surface area contributed by atoms with Crippen LogP contribution in [0.15, 0.2) is 15.9 Å². The quantitative estimate of drug-likeness (QED) is 0.909. The van der Waals surface area contributed by atoms with Gasteiger partial charge in [0.25, 0.3) is 0 Å². The van der Waals surface area contributed by atoms with Gasteiger partial charge in [0.15, 0.2) is 0 Å². The third kappa shape index (κ3) is 4.04. The summed E-state index contributed by atoms with van der Waals surface area (Å²) in [5.41, 5.74) is 0. The van der Waals surface area contributed by atoms with Crippen molar-refractivity contribution in [3.63, 3.8) is 0 Å². The van der Waals surface area contributed by atoms with Gasteiger partial charge in [0.2, 0.25) is 5.91 Å². The fourth-order valence-electron chi connectivity index (χ4n) is 2.58. The highest BCUT2D eigenvalue weighted by Crippen LogP contribution is 2.23. The molecule has 0 aliphatic carbocycles. The molecule has 19 heavy (non-hydrogen) atoms. The van der Waals surface area contributed by atoms with Gasteiger partial charge in [-0.15, -0.1) is 11.3 Å². The monoisotopic (exact) mass is 344 g/mol. The highest BCUT2D eigenvalue weighted by molar-refractivity contribution is 9.11. The van der Waals surface area contributed by atoms with E-state index in [9.17, 15) is 4.79 Å². The van der Waals surface area contributed by atoms with Crippen molar-refractivity contribution in [1.29, 1.82) is 0 Å². The zero-order valence-corrected chi connectivity index (χ0v) is 13.9. The first-order valence-corrected chi connectivity index (χ1v) is 8.46. The van der Waals surface area contributed by atoms with Gasteiger partial charge in [-0.1, -0.05) is 13.8 Å². The third-order valence-electron chi connectivity index (χ3n) is 3.73. The molecular weight excluding hydrogens is 324 g/mol. The molecule has 1 amide bonds. The summed E-state index contributed by atoms with van der Waals surface area (Å²) in [5.74, 6) is 0.806. The summed E-state index contributed by atoms with van der Waals surface area (Å²) >= 11 is 5.26. The second-order valence-electron chi connectivity index (χ2n) is 5.15. The molecule has 0 saturated carbocycles. The standard InChI is InChI=1S/C14H21BrN2OS/c1-3-14(18)17-7-6-12(10(2)9-17)16-8-11-4-5-13(15)19-11/h4-5,10,12,16H,3,6-9H2,1-2H3/t10-,12+/m1/s1. The zero-order valence-electron chi connectivity index (χ0n) is 11.5. The Hall–Kier alpha value is -0.390. The predicted molar refractivity (Wildman–Crippen MR) is 83.3 cm³/mol. The Labute approximate surface area is 127 Å². The number of amides is 1. The van der Waals surface area contributed by atoms with E-state index in [1.54, 1.807) is 11.3 Å². The fraction of sp³-hybridized carbons (Fsp3) is 0.643. The van der Waals surface area contributed by atoms with Gasteiger partial charge in [0.1, 0.15) is 0 Å². The molecule has 1 aromatic rings. The number of carbonyl (C=O) groups is 1. The van der Waals surface area contributed by atoms with E-state index in [2.05, 4.69) is 40.3 Å². The summed E-state index contributed by atoms with van der Waals surface area (Å²) in [4.78, 5) is 15.1. The lowest BCUT2D eigenvalue weighted by molar-refractivity contribution is -0.132. The number of thiophene rings is 1. The molecule has 0 unspecified atom stereocenters. The zero-order chi connectivity index (χ0) is 13.8. The first kappa shape index (κ1) is 15.0. The van der Waals surface area contributed by atoms with E-state index >= 15 is 0 Å². The first-order valence-electron chi connectivity index (χ1n) is 6.85. The van der Waals surface area contributed by atoms with Crippen LogP contribution in [0.3, 0.4) is 0 Å². The number of likely N-dealkylation sites (tertiary alicyclic amines) is 1. The average Bonchev–Trinajstić information content (AvgIpc) is 2.82. The van der Waals surface area contributed by atoms with E-state index in [1.807, 2.05) is 11.8 Å². The van der Waals surface area contributed by atoms with E-state index < -0.39 is 0 Å². The number of rotatable bonds is 4. The number of hydrogen-bond acceptors (Lipinski definition) is 3. The van der Waals surface area contributed by atoms with Crippen LogP contribution in [0.1, 0.15) is 31.6 Å². The molecule has 106 valence electrons. The van der Waals surface area contributed by atoms with Crippen LogP contribution in [0.5, 0.6) is 0 Å². The molecule has 5 heteroatoms. The molecule has 2 rings (SSSR count). The maximum absolute atomic E-state index is 11.7. The Bertz CT molecular complexity index is 435. The minimum Gasteiger partial charge on any atom is -0.342 e. The molecule has 0 bridgehead atoms. The van der Waals surface area contributed by atoms with Crippen molar-refractivity contribution in [2.45, 2.75) is 39.3 Å². The van der Waals surface area contributed by atoms with E-state index in [0.717, 1.165) is 26.1 Å². The van der Waals surface area contributed by atoms with Crippen LogP contribution in [-0.2, 0) is 11.3 Å². The lowest BCUT2D eigenvalue weighted by Gasteiger charge is -2.37. The second-order valence-corrected chi connectivity index (χ2v) is 7.70. The van der Waals surface area contributed by atoms with Crippen molar-refractivity contribution in [3.05, 3.63) is 20.8 Å². The van der Waals surface area contributed by atoms with Gasteiger partial charge >= 0.3 is 0 Å². The van der Waals surface area contributed by atoms with Crippen molar-refractivity contribution < 1.29 is 4.79 Å². The molecule has 0 radical (unpaired) electrons. The van der Waals surface area contributed by atoms with Gasteiger partial charge in [-0.2, -0.15) is 0 Å². The van der Waals surface area contributed by atoms with Crippen molar-refractivity contribution >= 4 is 33.2 Å². The number of piperidine rings is 1. The molecule has 0 aromatic carbocycles. The largest absolute Gasteiger partial charge is 0.342 e. The Kier molecular flexibility index (Phi) is 5.42. The summed E-state index contributed by atoms with van der Waals surface area (Å²) in [7, 11) is 0. The van der Waals surface area contributed by atoms with Gasteiger partial charge in [-0.05, 0) is 40.4 Å². The van der Waals surface area contributed by atoms with E-state index in [0.29, 0.717) is 18.4 Å². The summed E-state index contributed by atoms with van der Waals surface area (Å²) in [6.07, 6.45) is 1.67. The normalized spacial score (nSPS) is 23.6. The molecule has 3 nitrogen and oxygen atoms in total. The Balaban J connectivity index is 1.81. The number of nitrogens with zero attached hydrogens (tertiary/aromatic N) is 1. The highest BCUT2D eigenvalue weighted by atomic mass is 79.9. The molecule has 1 aliphatic rings. The molecule has 1 fully saturated rings. The van der Waals surface area contributed by atoms with Crippen LogP contribution >= 0.6 is 27.3 Å². The summed E-state index contributed by atoms with van der Waals surface area (Å²) in [6.45, 7) is 6.87. The molecule has 2 heterocycles. The fourth-order valence-corrected chi connectivity index (χ4v) is 4.01. The Morgan fingerprint density at radius 3 is 2.95 bits per heavy atom. The van der Waals surface area contributed by atoms with Gasteiger partial charge in [-0.25, -0.2) is 0 Å². The highest BCUT2D eigenvalue weighted by Gasteiger charge is 2.27. The van der Waals surface area contributed by atoms with Crippen LogP contribution < -0.4 is 5.32 Å². The summed E-state index contributed by atoms with van der Waals surface area (Å²) < 4.78 is 1.18. The maximum Gasteiger partial charge on any atom is 0.222 e. The lowest BCUT2D eigenvalue weighted by Crippen LogP contribution is -2.49. The molecule has 2 atom stereocenters. The van der Waals surface area contributed by atoms with Gasteiger partial charge < -0.3 is 10.2 Å². The van der Waals surface area contributed by atoms with Gasteiger partial charge in [0.05, 0.1) is 3.79 Å². The number of hydrogen-bond donors (Lipinski definition) is 1. The SMILES string of the molecule is CCC(=O)N1CC[C@H](NCc2ccc(Br)s2)[C@H](C)C1. The number of halogens is 1. The smallest absolute Gasteiger partial charge is 0.222 e. The number of carbonyl (C=O) groups excluding carboxylic acids is 1. The summed E-state index contributed by atoms with van der Waals surface area (Å²) in [5, 5.41) is 3.63. The van der Waals surface area contributed by atoms with E-state index in [1.165, 1.54) is 8.66 Å². The second kappa shape index (κ2) is 6.86. The van der Waals surface area contributed by atoms with Crippen molar-refractivity contribution in [2.24, 2.45) is 5.92 Å². The van der Waals surface area contributed by atoms with Crippen LogP contribution in [-0.4, -0.2) is 29.9 Å². The topological polar surface area (TPSA) is 32.3 Å². The van der Waals surface area contributed by atoms with Crippen molar-refractivity contribution in [3.8, 4) is 0 Å². The molecular formula is C14H21BrN2OS. The minimum atomic E-state index is 0.285. The molecule has 1 aliphatic heterocycles. The molecule has 1 aromatic heterocycles. The Morgan fingerprint density at radius 1 is 1.58 bits per heavy atom. The summed E-state index contributed by atoms with van der Waals surface area (Å²) in [6, 6.07) is 4.76. The number of nitrogens with one attached hydrogen (secondary N) is 1. The van der Waals surface area contributed by atoms with Crippen molar-refractivity contribution in [1.82, 2.24) is 10.2 Å².